The Morgan fingerprint density at radius 3 is 2.52 bits per heavy atom. The van der Waals surface area contributed by atoms with Gasteiger partial charge in [0.1, 0.15) is 0 Å². The van der Waals surface area contributed by atoms with Crippen LogP contribution >= 0.6 is 11.6 Å². The minimum atomic E-state index is -0.801. The number of aryl methyl sites for hydroxylation is 1. The van der Waals surface area contributed by atoms with Crippen LogP contribution in [-0.4, -0.2) is 28.6 Å². The van der Waals surface area contributed by atoms with Crippen LogP contribution in [-0.2, 0) is 9.59 Å². The van der Waals surface area contributed by atoms with E-state index in [0.717, 1.165) is 22.6 Å². The molecule has 2 amide bonds. The largest absolute Gasteiger partial charge is 0.346 e. The van der Waals surface area contributed by atoms with Crippen LogP contribution < -0.4 is 10.7 Å². The molecular weight excluding hydrogens is 340 g/mol. The number of carbonyl (C=O) groups is 2. The third kappa shape index (κ3) is 4.48. The fraction of sp³-hybridized carbons (Fsp3) is 0.278. The highest BCUT2D eigenvalue weighted by Crippen LogP contribution is 2.25. The van der Waals surface area contributed by atoms with Gasteiger partial charge in [0.2, 0.25) is 0 Å². The van der Waals surface area contributed by atoms with Gasteiger partial charge in [0, 0.05) is 23.0 Å². The fourth-order valence-electron chi connectivity index (χ4n) is 2.46. The molecule has 2 N–H and O–H groups in total. The molecule has 132 valence electrons. The van der Waals surface area contributed by atoms with E-state index in [1.165, 1.54) is 6.21 Å². The number of nitrogens with zero attached hydrogens (tertiary/aromatic N) is 2. The summed E-state index contributed by atoms with van der Waals surface area (Å²) in [4.78, 5) is 23.2. The van der Waals surface area contributed by atoms with E-state index < -0.39 is 11.8 Å². The fourth-order valence-corrected chi connectivity index (χ4v) is 2.68. The number of rotatable bonds is 4. The van der Waals surface area contributed by atoms with Crippen LogP contribution in [0.5, 0.6) is 0 Å². The lowest BCUT2D eigenvalue weighted by molar-refractivity contribution is -0.139. The number of aromatic nitrogens is 1. The van der Waals surface area contributed by atoms with E-state index in [2.05, 4.69) is 15.8 Å². The summed E-state index contributed by atoms with van der Waals surface area (Å²) in [6.07, 6.45) is 1.51. The average molecular weight is 361 g/mol. The minimum Gasteiger partial charge on any atom is -0.346 e. The summed E-state index contributed by atoms with van der Waals surface area (Å²) in [5.74, 6) is -1.52. The Labute approximate surface area is 151 Å². The third-order valence-corrected chi connectivity index (χ3v) is 3.88. The third-order valence-electron chi connectivity index (χ3n) is 3.56. The van der Waals surface area contributed by atoms with Crippen LogP contribution in [0.2, 0.25) is 5.02 Å². The molecule has 1 heterocycles. The van der Waals surface area contributed by atoms with E-state index in [0.29, 0.717) is 5.02 Å². The minimum absolute atomic E-state index is 0.114. The van der Waals surface area contributed by atoms with Gasteiger partial charge in [-0.1, -0.05) is 23.7 Å². The number of carbonyl (C=O) groups excluding carboxylic acids is 2. The smallest absolute Gasteiger partial charge is 0.329 e. The van der Waals surface area contributed by atoms with Crippen molar-refractivity contribution in [2.75, 3.05) is 0 Å². The maximum atomic E-state index is 11.6. The van der Waals surface area contributed by atoms with Crippen LogP contribution in [0.1, 0.15) is 30.8 Å². The Hall–Kier alpha value is -2.60. The van der Waals surface area contributed by atoms with E-state index in [-0.39, 0.29) is 6.04 Å². The lowest BCUT2D eigenvalue weighted by Crippen LogP contribution is -2.41. The standard InChI is InChI=1S/C18H21ClN4O2/c1-11(2)21-17(24)18(25)22-20-10-14-9-12(3)23(13(14)4)16-8-6-5-7-15(16)19/h5-11H,1-4H3,(H,21,24)(H,22,25)/b20-10+. The number of nitrogens with one attached hydrogen (secondary N) is 2. The number of halogens is 1. The molecule has 0 saturated carbocycles. The van der Waals surface area contributed by atoms with Crippen LogP contribution in [0.4, 0.5) is 0 Å². The molecule has 7 heteroatoms. The second-order valence-corrected chi connectivity index (χ2v) is 6.35. The van der Waals surface area contributed by atoms with Gasteiger partial charge in [0.25, 0.3) is 0 Å². The molecule has 1 aromatic carbocycles. The molecule has 0 aliphatic rings. The molecule has 0 atom stereocenters. The maximum absolute atomic E-state index is 11.6. The summed E-state index contributed by atoms with van der Waals surface area (Å²) in [7, 11) is 0. The molecule has 0 radical (unpaired) electrons. The molecule has 0 bridgehead atoms. The SMILES string of the molecule is Cc1cc(/C=N/NC(=O)C(=O)NC(C)C)c(C)n1-c1ccccc1Cl. The first-order valence-electron chi connectivity index (χ1n) is 7.89. The van der Waals surface area contributed by atoms with Crippen molar-refractivity contribution in [1.29, 1.82) is 0 Å². The number of para-hydroxylation sites is 1. The maximum Gasteiger partial charge on any atom is 0.329 e. The number of amides is 2. The zero-order valence-corrected chi connectivity index (χ0v) is 15.4. The lowest BCUT2D eigenvalue weighted by atomic mass is 10.2. The zero-order chi connectivity index (χ0) is 18.6. The molecule has 2 rings (SSSR count). The van der Waals surface area contributed by atoms with Crippen molar-refractivity contribution in [3.63, 3.8) is 0 Å². The molecule has 0 unspecified atom stereocenters. The molecular formula is C18H21ClN4O2. The van der Waals surface area contributed by atoms with Gasteiger partial charge in [-0.05, 0) is 45.9 Å². The molecule has 25 heavy (non-hydrogen) atoms. The van der Waals surface area contributed by atoms with Crippen molar-refractivity contribution in [2.24, 2.45) is 5.10 Å². The van der Waals surface area contributed by atoms with Gasteiger partial charge in [0.15, 0.2) is 0 Å². The van der Waals surface area contributed by atoms with Crippen molar-refractivity contribution in [1.82, 2.24) is 15.3 Å². The summed E-state index contributed by atoms with van der Waals surface area (Å²) in [5.41, 5.74) is 5.83. The Morgan fingerprint density at radius 2 is 1.88 bits per heavy atom. The Balaban J connectivity index is 2.17. The first kappa shape index (κ1) is 18.7. The van der Waals surface area contributed by atoms with Crippen LogP contribution in [0.3, 0.4) is 0 Å². The van der Waals surface area contributed by atoms with Crippen molar-refractivity contribution >= 4 is 29.6 Å². The first-order valence-corrected chi connectivity index (χ1v) is 8.26. The number of hydrogen-bond acceptors (Lipinski definition) is 3. The highest BCUT2D eigenvalue weighted by atomic mass is 35.5. The molecule has 0 saturated heterocycles. The van der Waals surface area contributed by atoms with Crippen molar-refractivity contribution in [3.05, 3.63) is 52.3 Å². The van der Waals surface area contributed by atoms with E-state index in [9.17, 15) is 9.59 Å². The first-order chi connectivity index (χ1) is 11.8. The van der Waals surface area contributed by atoms with Gasteiger partial charge >= 0.3 is 11.8 Å². The summed E-state index contributed by atoms with van der Waals surface area (Å²) in [6.45, 7) is 7.45. The van der Waals surface area contributed by atoms with Gasteiger partial charge in [-0.15, -0.1) is 0 Å². The van der Waals surface area contributed by atoms with Crippen molar-refractivity contribution < 1.29 is 9.59 Å². The van der Waals surface area contributed by atoms with Gasteiger partial charge in [-0.25, -0.2) is 5.43 Å². The van der Waals surface area contributed by atoms with E-state index >= 15 is 0 Å². The summed E-state index contributed by atoms with van der Waals surface area (Å²) in [5, 5.41) is 7.01. The second kappa shape index (κ2) is 7.98. The highest BCUT2D eigenvalue weighted by Gasteiger charge is 2.14. The van der Waals surface area contributed by atoms with E-state index in [1.54, 1.807) is 13.8 Å². The summed E-state index contributed by atoms with van der Waals surface area (Å²) in [6, 6.07) is 9.37. The number of hydrazone groups is 1. The molecule has 6 nitrogen and oxygen atoms in total. The molecule has 0 fully saturated rings. The van der Waals surface area contributed by atoms with Gasteiger partial charge in [-0.3, -0.25) is 9.59 Å². The molecule has 0 aliphatic heterocycles. The topological polar surface area (TPSA) is 75.5 Å². The van der Waals surface area contributed by atoms with Crippen LogP contribution in [0.25, 0.3) is 5.69 Å². The Morgan fingerprint density at radius 1 is 1.20 bits per heavy atom. The van der Waals surface area contributed by atoms with Gasteiger partial charge < -0.3 is 9.88 Å². The van der Waals surface area contributed by atoms with E-state index in [1.807, 2.05) is 48.7 Å². The Kier molecular flexibility index (Phi) is 5.98. The molecule has 0 spiro atoms. The van der Waals surface area contributed by atoms with Crippen LogP contribution in [0.15, 0.2) is 35.4 Å². The molecule has 2 aromatic rings. The zero-order valence-electron chi connectivity index (χ0n) is 14.6. The van der Waals surface area contributed by atoms with Gasteiger partial charge in [-0.2, -0.15) is 5.10 Å². The quantitative estimate of drug-likeness (QED) is 0.499. The molecule has 1 aromatic heterocycles. The Bertz CT molecular complexity index is 824. The predicted molar refractivity (Wildman–Crippen MR) is 99.3 cm³/mol. The summed E-state index contributed by atoms with van der Waals surface area (Å²) >= 11 is 6.28. The van der Waals surface area contributed by atoms with Crippen molar-refractivity contribution in [2.45, 2.75) is 33.7 Å². The van der Waals surface area contributed by atoms with Gasteiger partial charge in [0.05, 0.1) is 16.9 Å². The predicted octanol–water partition coefficient (Wildman–Crippen LogP) is 2.72. The van der Waals surface area contributed by atoms with Crippen LogP contribution in [0, 0.1) is 13.8 Å². The normalized spacial score (nSPS) is 11.1. The van der Waals surface area contributed by atoms with Crippen molar-refractivity contribution in [3.8, 4) is 5.69 Å². The average Bonchev–Trinajstić information content (AvgIpc) is 2.81. The monoisotopic (exact) mass is 360 g/mol. The number of hydrogen-bond donors (Lipinski definition) is 2. The van der Waals surface area contributed by atoms with E-state index in [4.69, 9.17) is 11.6 Å². The lowest BCUT2D eigenvalue weighted by Gasteiger charge is -2.11. The summed E-state index contributed by atoms with van der Waals surface area (Å²) < 4.78 is 2.01. The molecule has 0 aliphatic carbocycles. The highest BCUT2D eigenvalue weighted by molar-refractivity contribution is 6.35. The second-order valence-electron chi connectivity index (χ2n) is 5.94. The number of benzene rings is 1.